The van der Waals surface area contributed by atoms with Crippen LogP contribution in [-0.2, 0) is 12.2 Å². The molecule has 1 heterocycles. The minimum absolute atomic E-state index is 0.0413. The molecule has 5 heteroatoms. The molecule has 0 spiro atoms. The van der Waals surface area contributed by atoms with Crippen LogP contribution in [0.2, 0.25) is 0 Å². The molecule has 1 rings (SSSR count). The number of hydrogen-bond acceptors (Lipinski definition) is 5. The molecular weight excluding hydrogens is 222 g/mol. The van der Waals surface area contributed by atoms with Gasteiger partial charge in [-0.3, -0.25) is 0 Å². The lowest BCUT2D eigenvalue weighted by Crippen LogP contribution is -2.36. The molecule has 0 bridgehead atoms. The zero-order chi connectivity index (χ0) is 12.2. The Labute approximate surface area is 101 Å². The fraction of sp³-hybridized carbons (Fsp3) is 0.818. The Balaban J connectivity index is 2.52. The minimum Gasteiger partial charge on any atom is -0.339 e. The number of nitrogens with zero attached hydrogens (tertiary/aromatic N) is 2. The summed E-state index contributed by atoms with van der Waals surface area (Å²) in [5.41, 5.74) is 6.12. The van der Waals surface area contributed by atoms with Gasteiger partial charge >= 0.3 is 0 Å². The van der Waals surface area contributed by atoms with Gasteiger partial charge in [0.2, 0.25) is 5.89 Å². The lowest BCUT2D eigenvalue weighted by atomic mass is 9.85. The lowest BCUT2D eigenvalue weighted by molar-refractivity contribution is 0.285. The highest BCUT2D eigenvalue weighted by Crippen LogP contribution is 2.20. The summed E-state index contributed by atoms with van der Waals surface area (Å²) in [5.74, 6) is 3.29. The molecule has 0 saturated heterocycles. The van der Waals surface area contributed by atoms with E-state index in [1.54, 1.807) is 11.8 Å². The molecule has 0 aromatic carbocycles. The molecular formula is C11H21N3OS. The van der Waals surface area contributed by atoms with Crippen molar-refractivity contribution >= 4 is 11.8 Å². The normalized spacial score (nSPS) is 14.1. The quantitative estimate of drug-likeness (QED) is 0.859. The van der Waals surface area contributed by atoms with E-state index in [9.17, 15) is 0 Å². The number of nitrogens with two attached hydrogens (primary N) is 1. The van der Waals surface area contributed by atoms with Gasteiger partial charge in [0, 0.05) is 12.5 Å². The molecule has 0 fully saturated rings. The van der Waals surface area contributed by atoms with Crippen molar-refractivity contribution < 1.29 is 4.52 Å². The molecule has 92 valence electrons. The fourth-order valence-electron chi connectivity index (χ4n) is 1.12. The Hall–Kier alpha value is -0.550. The number of rotatable bonds is 5. The Morgan fingerprint density at radius 2 is 2.12 bits per heavy atom. The summed E-state index contributed by atoms with van der Waals surface area (Å²) >= 11 is 1.78. The maximum Gasteiger partial charge on any atom is 0.228 e. The van der Waals surface area contributed by atoms with Crippen LogP contribution in [0.25, 0.3) is 0 Å². The van der Waals surface area contributed by atoms with Gasteiger partial charge in [-0.15, -0.1) is 0 Å². The maximum atomic E-state index is 6.06. The minimum atomic E-state index is 0.0413. The molecule has 0 amide bonds. The molecule has 0 aliphatic carbocycles. The first-order valence-corrected chi connectivity index (χ1v) is 6.73. The zero-order valence-corrected chi connectivity index (χ0v) is 11.3. The largest absolute Gasteiger partial charge is 0.339 e. The third-order valence-corrected chi connectivity index (χ3v) is 3.32. The molecule has 4 nitrogen and oxygen atoms in total. The van der Waals surface area contributed by atoms with E-state index >= 15 is 0 Å². The monoisotopic (exact) mass is 243 g/mol. The summed E-state index contributed by atoms with van der Waals surface area (Å²) in [5, 5.41) is 3.93. The van der Waals surface area contributed by atoms with Gasteiger partial charge < -0.3 is 10.3 Å². The van der Waals surface area contributed by atoms with E-state index in [1.165, 1.54) is 0 Å². The molecule has 0 saturated carbocycles. The van der Waals surface area contributed by atoms with Crippen LogP contribution < -0.4 is 5.73 Å². The molecule has 0 aliphatic rings. The van der Waals surface area contributed by atoms with Gasteiger partial charge in [-0.25, -0.2) is 0 Å². The number of aromatic nitrogens is 2. The van der Waals surface area contributed by atoms with Crippen LogP contribution >= 0.6 is 11.8 Å². The van der Waals surface area contributed by atoms with Crippen LogP contribution in [0, 0.1) is 5.41 Å². The highest BCUT2D eigenvalue weighted by atomic mass is 32.2. The second-order valence-corrected chi connectivity index (χ2v) is 6.19. The van der Waals surface area contributed by atoms with E-state index in [1.807, 2.05) is 0 Å². The average Bonchev–Trinajstić information content (AvgIpc) is 2.61. The molecule has 1 unspecified atom stereocenters. The molecule has 16 heavy (non-hydrogen) atoms. The third kappa shape index (κ3) is 4.14. The average molecular weight is 243 g/mol. The van der Waals surface area contributed by atoms with Gasteiger partial charge in [0.05, 0.1) is 5.75 Å². The van der Waals surface area contributed by atoms with Gasteiger partial charge in [0.25, 0.3) is 0 Å². The molecule has 1 atom stereocenters. The van der Waals surface area contributed by atoms with Crippen molar-refractivity contribution in [1.29, 1.82) is 0 Å². The summed E-state index contributed by atoms with van der Waals surface area (Å²) in [6.45, 7) is 8.45. The van der Waals surface area contributed by atoms with E-state index < -0.39 is 0 Å². The summed E-state index contributed by atoms with van der Waals surface area (Å²) in [6, 6.07) is 0.0413. The Morgan fingerprint density at radius 3 is 2.69 bits per heavy atom. The van der Waals surface area contributed by atoms with Crippen LogP contribution in [0.5, 0.6) is 0 Å². The maximum absolute atomic E-state index is 6.06. The van der Waals surface area contributed by atoms with E-state index in [0.29, 0.717) is 12.3 Å². The van der Waals surface area contributed by atoms with Crippen LogP contribution in [-0.4, -0.2) is 21.9 Å². The zero-order valence-electron chi connectivity index (χ0n) is 10.5. The highest BCUT2D eigenvalue weighted by Gasteiger charge is 2.23. The fourth-order valence-corrected chi connectivity index (χ4v) is 1.62. The van der Waals surface area contributed by atoms with E-state index in [0.717, 1.165) is 17.3 Å². The van der Waals surface area contributed by atoms with Crippen LogP contribution in [0.1, 0.15) is 39.4 Å². The predicted octanol–water partition coefficient (Wildman–Crippen LogP) is 2.24. The van der Waals surface area contributed by atoms with Crippen molar-refractivity contribution in [1.82, 2.24) is 10.1 Å². The van der Waals surface area contributed by atoms with Gasteiger partial charge in [-0.1, -0.05) is 32.9 Å². The number of thioether (sulfide) groups is 1. The molecule has 1 aromatic rings. The van der Waals surface area contributed by atoms with Gasteiger partial charge in [0.1, 0.15) is 0 Å². The standard InChI is InChI=1S/C11H21N3OS/c1-5-16-7-9-13-10(15-14-9)6-8(12)11(2,3)4/h8H,5-7,12H2,1-4H3. The van der Waals surface area contributed by atoms with Crippen LogP contribution in [0.3, 0.4) is 0 Å². The summed E-state index contributed by atoms with van der Waals surface area (Å²) in [4.78, 5) is 4.32. The Bertz CT molecular complexity index is 319. The molecule has 1 aromatic heterocycles. The van der Waals surface area contributed by atoms with Gasteiger partial charge in [-0.05, 0) is 11.2 Å². The first-order valence-electron chi connectivity index (χ1n) is 5.58. The summed E-state index contributed by atoms with van der Waals surface area (Å²) in [7, 11) is 0. The van der Waals surface area contributed by atoms with Crippen LogP contribution in [0.4, 0.5) is 0 Å². The van der Waals surface area contributed by atoms with E-state index in [2.05, 4.69) is 37.8 Å². The van der Waals surface area contributed by atoms with Crippen molar-refractivity contribution in [3.05, 3.63) is 11.7 Å². The topological polar surface area (TPSA) is 64.9 Å². The Morgan fingerprint density at radius 1 is 1.44 bits per heavy atom. The van der Waals surface area contributed by atoms with Crippen molar-refractivity contribution in [3.8, 4) is 0 Å². The van der Waals surface area contributed by atoms with Gasteiger partial charge in [-0.2, -0.15) is 16.7 Å². The summed E-state index contributed by atoms with van der Waals surface area (Å²) in [6.07, 6.45) is 0.646. The third-order valence-electron chi connectivity index (χ3n) is 2.45. The highest BCUT2D eigenvalue weighted by molar-refractivity contribution is 7.98. The van der Waals surface area contributed by atoms with Crippen molar-refractivity contribution in [2.75, 3.05) is 5.75 Å². The second-order valence-electron chi connectivity index (χ2n) is 4.92. The smallest absolute Gasteiger partial charge is 0.228 e. The molecule has 0 aliphatic heterocycles. The van der Waals surface area contributed by atoms with Crippen LogP contribution in [0.15, 0.2) is 4.52 Å². The van der Waals surface area contributed by atoms with Crippen molar-refractivity contribution in [2.45, 2.75) is 45.9 Å². The SMILES string of the molecule is CCSCc1noc(CC(N)C(C)(C)C)n1. The summed E-state index contributed by atoms with van der Waals surface area (Å²) < 4.78 is 5.17. The predicted molar refractivity (Wildman–Crippen MR) is 67.3 cm³/mol. The molecule has 0 radical (unpaired) electrons. The first-order chi connectivity index (χ1) is 7.43. The molecule has 2 N–H and O–H groups in total. The van der Waals surface area contributed by atoms with Gasteiger partial charge in [0.15, 0.2) is 5.82 Å². The van der Waals surface area contributed by atoms with Crippen molar-refractivity contribution in [2.24, 2.45) is 11.1 Å². The Kier molecular flexibility index (Phi) is 4.80. The lowest BCUT2D eigenvalue weighted by Gasteiger charge is -2.25. The first kappa shape index (κ1) is 13.5. The number of hydrogen-bond donors (Lipinski definition) is 1. The van der Waals surface area contributed by atoms with E-state index in [4.69, 9.17) is 10.3 Å². The van der Waals surface area contributed by atoms with E-state index in [-0.39, 0.29) is 11.5 Å². The van der Waals surface area contributed by atoms with Crippen molar-refractivity contribution in [3.63, 3.8) is 0 Å². The second kappa shape index (κ2) is 5.68.